The predicted octanol–water partition coefficient (Wildman–Crippen LogP) is 2.04. The highest BCUT2D eigenvalue weighted by atomic mass is 32.1. The van der Waals surface area contributed by atoms with E-state index in [4.69, 9.17) is 12.2 Å². The Bertz CT molecular complexity index is 422. The van der Waals surface area contributed by atoms with Gasteiger partial charge in [-0.2, -0.15) is 0 Å². The molecule has 0 saturated carbocycles. The van der Waals surface area contributed by atoms with Gasteiger partial charge in [0.05, 0.1) is 5.56 Å². The third kappa shape index (κ3) is 2.23. The Hall–Kier alpha value is -1.10. The maximum absolute atomic E-state index is 11.5. The van der Waals surface area contributed by atoms with Crippen LogP contribution in [0.2, 0.25) is 0 Å². The van der Waals surface area contributed by atoms with Crippen molar-refractivity contribution in [2.24, 2.45) is 0 Å². The van der Waals surface area contributed by atoms with Gasteiger partial charge in [0, 0.05) is 0 Å². The average Bonchev–Trinajstić information content (AvgIpc) is 2.01. The smallest absolute Gasteiger partial charge is 0.258 e. The summed E-state index contributed by atoms with van der Waals surface area (Å²) in [5.41, 5.74) is 0.0904. The Labute approximate surface area is 87.0 Å². The van der Waals surface area contributed by atoms with Crippen molar-refractivity contribution in [1.29, 1.82) is 0 Å². The molecule has 0 spiro atoms. The summed E-state index contributed by atoms with van der Waals surface area (Å²) in [5.74, 6) is -0.0738. The zero-order valence-electron chi connectivity index (χ0n) is 8.26. The van der Waals surface area contributed by atoms with Gasteiger partial charge in [0.15, 0.2) is 10.7 Å². The van der Waals surface area contributed by atoms with E-state index in [1.54, 1.807) is 0 Å². The van der Waals surface area contributed by atoms with Gasteiger partial charge < -0.3 is 10.1 Å². The van der Waals surface area contributed by atoms with Gasteiger partial charge in [-0.3, -0.25) is 9.78 Å². The lowest BCUT2D eigenvalue weighted by atomic mass is 9.99. The van der Waals surface area contributed by atoms with Crippen molar-refractivity contribution in [2.45, 2.75) is 32.6 Å². The summed E-state index contributed by atoms with van der Waals surface area (Å²) in [6.45, 7) is 3.94. The van der Waals surface area contributed by atoms with Crippen LogP contribution in [0.5, 0.6) is 5.88 Å². The Morgan fingerprint density at radius 2 is 2.14 bits per heavy atom. The summed E-state index contributed by atoms with van der Waals surface area (Å²) in [4.78, 5) is 16.5. The number of aromatic amines is 2. The van der Waals surface area contributed by atoms with Gasteiger partial charge in [0.25, 0.3) is 5.56 Å². The maximum Gasteiger partial charge on any atom is 0.258 e. The number of aromatic hydroxyl groups is 1. The van der Waals surface area contributed by atoms with Gasteiger partial charge in [-0.1, -0.05) is 20.3 Å². The van der Waals surface area contributed by atoms with E-state index in [0.717, 1.165) is 12.8 Å². The van der Waals surface area contributed by atoms with Crippen LogP contribution in [0.25, 0.3) is 0 Å². The van der Waals surface area contributed by atoms with E-state index in [1.807, 2.05) is 13.8 Å². The Morgan fingerprint density at radius 1 is 1.50 bits per heavy atom. The molecule has 0 aliphatic carbocycles. The molecule has 3 N–H and O–H groups in total. The molecule has 1 rings (SSSR count). The summed E-state index contributed by atoms with van der Waals surface area (Å²) in [7, 11) is 0. The third-order valence-corrected chi connectivity index (χ3v) is 2.38. The zero-order valence-corrected chi connectivity index (χ0v) is 9.07. The third-order valence-electron chi connectivity index (χ3n) is 2.17. The number of hydrogen-bond acceptors (Lipinski definition) is 3. The number of rotatable bonds is 3. The molecule has 0 saturated heterocycles. The van der Waals surface area contributed by atoms with E-state index in [2.05, 4.69) is 9.97 Å². The molecule has 4 nitrogen and oxygen atoms in total. The highest BCUT2D eigenvalue weighted by molar-refractivity contribution is 7.71. The quantitative estimate of drug-likeness (QED) is 0.674. The van der Waals surface area contributed by atoms with Crippen molar-refractivity contribution in [3.8, 4) is 5.88 Å². The molecule has 0 aliphatic heterocycles. The van der Waals surface area contributed by atoms with E-state index >= 15 is 0 Å². The molecule has 78 valence electrons. The summed E-state index contributed by atoms with van der Waals surface area (Å²) in [6.07, 6.45) is 1.83. The van der Waals surface area contributed by atoms with Crippen LogP contribution >= 0.6 is 12.2 Å². The molecular weight excluding hydrogens is 200 g/mol. The molecule has 1 heterocycles. The summed E-state index contributed by atoms with van der Waals surface area (Å²) in [5, 5.41) is 9.53. The molecule has 0 fully saturated rings. The molecule has 0 bridgehead atoms. The fraction of sp³-hybridized carbons (Fsp3) is 0.556. The van der Waals surface area contributed by atoms with Gasteiger partial charge in [-0.05, 0) is 24.6 Å². The van der Waals surface area contributed by atoms with Crippen LogP contribution in [0.4, 0.5) is 0 Å². The first-order valence-corrected chi connectivity index (χ1v) is 5.02. The lowest BCUT2D eigenvalue weighted by Gasteiger charge is -2.10. The fourth-order valence-electron chi connectivity index (χ4n) is 1.52. The SMILES string of the molecule is CCCC(C)c1c(O)[nH]c(=S)[nH]c1=O. The minimum absolute atomic E-state index is 0.0376. The largest absolute Gasteiger partial charge is 0.494 e. The van der Waals surface area contributed by atoms with Crippen LogP contribution in [0.1, 0.15) is 38.2 Å². The highest BCUT2D eigenvalue weighted by Gasteiger charge is 2.14. The van der Waals surface area contributed by atoms with E-state index < -0.39 is 0 Å². The van der Waals surface area contributed by atoms with Crippen molar-refractivity contribution in [3.63, 3.8) is 0 Å². The zero-order chi connectivity index (χ0) is 10.7. The standard InChI is InChI=1S/C9H14N2O2S/c1-3-4-5(2)6-7(12)10-9(14)11-8(6)13/h5H,3-4H2,1-2H3,(H3,10,11,12,13,14). The molecule has 0 radical (unpaired) electrons. The van der Waals surface area contributed by atoms with Gasteiger partial charge in [0.2, 0.25) is 0 Å². The maximum atomic E-state index is 11.5. The van der Waals surface area contributed by atoms with Crippen LogP contribution in [-0.2, 0) is 0 Å². The van der Waals surface area contributed by atoms with Gasteiger partial charge in [0.1, 0.15) is 0 Å². The van der Waals surface area contributed by atoms with Crippen molar-refractivity contribution in [2.75, 3.05) is 0 Å². The summed E-state index contributed by atoms with van der Waals surface area (Å²) in [6, 6.07) is 0. The number of hydrogen-bond donors (Lipinski definition) is 3. The van der Waals surface area contributed by atoms with E-state index in [9.17, 15) is 9.90 Å². The lowest BCUT2D eigenvalue weighted by Crippen LogP contribution is -2.16. The van der Waals surface area contributed by atoms with Crippen LogP contribution in [0.15, 0.2) is 4.79 Å². The molecule has 14 heavy (non-hydrogen) atoms. The van der Waals surface area contributed by atoms with E-state index in [0.29, 0.717) is 5.56 Å². The highest BCUT2D eigenvalue weighted by Crippen LogP contribution is 2.22. The van der Waals surface area contributed by atoms with Gasteiger partial charge in [-0.15, -0.1) is 0 Å². The van der Waals surface area contributed by atoms with Crippen LogP contribution in [0.3, 0.4) is 0 Å². The Balaban J connectivity index is 3.21. The normalized spacial score (nSPS) is 12.7. The van der Waals surface area contributed by atoms with Crippen molar-refractivity contribution >= 4 is 12.2 Å². The monoisotopic (exact) mass is 214 g/mol. The lowest BCUT2D eigenvalue weighted by molar-refractivity contribution is 0.433. The van der Waals surface area contributed by atoms with Crippen LogP contribution in [0, 0.1) is 4.77 Å². The van der Waals surface area contributed by atoms with E-state index in [1.165, 1.54) is 0 Å². The number of H-pyrrole nitrogens is 2. The first-order chi connectivity index (χ1) is 6.56. The number of aromatic nitrogens is 2. The van der Waals surface area contributed by atoms with Gasteiger partial charge in [-0.25, -0.2) is 0 Å². The van der Waals surface area contributed by atoms with Crippen LogP contribution < -0.4 is 5.56 Å². The first-order valence-electron chi connectivity index (χ1n) is 4.61. The van der Waals surface area contributed by atoms with Gasteiger partial charge >= 0.3 is 0 Å². The summed E-state index contributed by atoms with van der Waals surface area (Å²) < 4.78 is 0.153. The van der Waals surface area contributed by atoms with Crippen molar-refractivity contribution in [3.05, 3.63) is 20.7 Å². The average molecular weight is 214 g/mol. The minimum Gasteiger partial charge on any atom is -0.494 e. The molecule has 0 amide bonds. The fourth-order valence-corrected chi connectivity index (χ4v) is 1.71. The topological polar surface area (TPSA) is 68.9 Å². The molecular formula is C9H14N2O2S. The summed E-state index contributed by atoms with van der Waals surface area (Å²) >= 11 is 4.73. The Morgan fingerprint density at radius 3 is 2.64 bits per heavy atom. The molecule has 0 aromatic carbocycles. The predicted molar refractivity (Wildman–Crippen MR) is 57.2 cm³/mol. The second-order valence-electron chi connectivity index (χ2n) is 3.36. The minimum atomic E-state index is -0.299. The second kappa shape index (κ2) is 4.41. The first kappa shape index (κ1) is 11.0. The molecule has 1 aromatic heterocycles. The Kier molecular flexibility index (Phi) is 3.46. The molecule has 5 heteroatoms. The molecule has 0 aliphatic rings. The second-order valence-corrected chi connectivity index (χ2v) is 3.77. The molecule has 1 aromatic rings. The van der Waals surface area contributed by atoms with Crippen molar-refractivity contribution in [1.82, 2.24) is 9.97 Å². The molecule has 1 atom stereocenters. The van der Waals surface area contributed by atoms with Crippen LogP contribution in [-0.4, -0.2) is 15.1 Å². The van der Waals surface area contributed by atoms with Crippen molar-refractivity contribution < 1.29 is 5.11 Å². The van der Waals surface area contributed by atoms with E-state index in [-0.39, 0.29) is 22.1 Å². The molecule has 1 unspecified atom stereocenters. The number of nitrogens with one attached hydrogen (secondary N) is 2.